The van der Waals surface area contributed by atoms with Gasteiger partial charge in [-0.1, -0.05) is 0 Å². The number of hydrogen-bond acceptors (Lipinski definition) is 3. The van der Waals surface area contributed by atoms with Crippen LogP contribution in [0.25, 0.3) is 0 Å². The second kappa shape index (κ2) is 5.70. The number of alkyl halides is 4. The van der Waals surface area contributed by atoms with Crippen LogP contribution in [0.3, 0.4) is 0 Å². The van der Waals surface area contributed by atoms with Gasteiger partial charge in [-0.05, 0) is 44.4 Å². The van der Waals surface area contributed by atoms with Crippen LogP contribution in [0.1, 0.15) is 51.9 Å². The third-order valence-corrected chi connectivity index (χ3v) is 5.94. The number of ether oxygens (including phenoxy) is 1. The first kappa shape index (κ1) is 17.7. The van der Waals surface area contributed by atoms with E-state index in [2.05, 4.69) is 0 Å². The first-order valence-electron chi connectivity index (χ1n) is 8.51. The van der Waals surface area contributed by atoms with Crippen LogP contribution in [0.2, 0.25) is 0 Å². The molecule has 4 bridgehead atoms. The molecular formula is C17H22F4O3. The lowest BCUT2D eigenvalue weighted by atomic mass is 9.49. The molecule has 3 nitrogen and oxygen atoms in total. The van der Waals surface area contributed by atoms with Gasteiger partial charge >= 0.3 is 17.8 Å². The van der Waals surface area contributed by atoms with Crippen LogP contribution >= 0.6 is 0 Å². The molecule has 0 saturated heterocycles. The maximum atomic E-state index is 13.2. The fourth-order valence-corrected chi connectivity index (χ4v) is 4.83. The van der Waals surface area contributed by atoms with Gasteiger partial charge in [0.25, 0.3) is 0 Å². The van der Waals surface area contributed by atoms with Gasteiger partial charge in [0.05, 0.1) is 12.0 Å². The first-order chi connectivity index (χ1) is 11.0. The molecule has 4 aliphatic carbocycles. The van der Waals surface area contributed by atoms with Crippen molar-refractivity contribution in [3.05, 3.63) is 0 Å². The number of carbonyl (C=O) groups is 2. The second-order valence-electron chi connectivity index (χ2n) is 7.86. The molecule has 0 amide bonds. The summed E-state index contributed by atoms with van der Waals surface area (Å²) in [5.41, 5.74) is -0.665. The minimum atomic E-state index is -4.10. The van der Waals surface area contributed by atoms with Crippen LogP contribution in [-0.2, 0) is 14.3 Å². The number of Topliss-reactive ketones (excluding diaryl/α,β-unsaturated/α-hetero) is 1. The van der Waals surface area contributed by atoms with E-state index in [9.17, 15) is 27.2 Å². The molecule has 0 heterocycles. The van der Waals surface area contributed by atoms with Gasteiger partial charge in [0.15, 0.2) is 0 Å². The van der Waals surface area contributed by atoms with E-state index in [4.69, 9.17) is 4.74 Å². The summed E-state index contributed by atoms with van der Waals surface area (Å²) in [5.74, 6) is -8.18. The van der Waals surface area contributed by atoms with Crippen LogP contribution in [-0.4, -0.2) is 30.2 Å². The molecule has 7 heteroatoms. The molecule has 0 spiro atoms. The standard InChI is InChI=1S/C17H22F4O3/c1-15(18,19)17(20,21)3-2-4-24-14(23)16-7-10-5-11(8-16)13(22)12(6-10)9-16/h10-12H,2-9H2,1H3. The van der Waals surface area contributed by atoms with Gasteiger partial charge in [0.1, 0.15) is 5.78 Å². The molecule has 4 fully saturated rings. The largest absolute Gasteiger partial charge is 0.465 e. The summed E-state index contributed by atoms with van der Waals surface area (Å²) in [6.07, 6.45) is 2.00. The third kappa shape index (κ3) is 2.94. The van der Waals surface area contributed by atoms with Crippen molar-refractivity contribution in [1.82, 2.24) is 0 Å². The Morgan fingerprint density at radius 2 is 1.75 bits per heavy atom. The minimum Gasteiger partial charge on any atom is -0.465 e. The number of ketones is 1. The quantitative estimate of drug-likeness (QED) is 0.413. The van der Waals surface area contributed by atoms with Crippen molar-refractivity contribution < 1.29 is 31.9 Å². The van der Waals surface area contributed by atoms with Gasteiger partial charge < -0.3 is 4.74 Å². The lowest BCUT2D eigenvalue weighted by molar-refractivity contribution is -0.203. The lowest BCUT2D eigenvalue weighted by Crippen LogP contribution is -2.54. The van der Waals surface area contributed by atoms with Gasteiger partial charge in [0.2, 0.25) is 0 Å². The van der Waals surface area contributed by atoms with Gasteiger partial charge in [-0.3, -0.25) is 9.59 Å². The Bertz CT molecular complexity index is 522. The smallest absolute Gasteiger partial charge is 0.312 e. The van der Waals surface area contributed by atoms with E-state index < -0.39 is 29.7 Å². The Balaban J connectivity index is 1.52. The predicted molar refractivity (Wildman–Crippen MR) is 76.8 cm³/mol. The van der Waals surface area contributed by atoms with E-state index in [1.54, 1.807) is 0 Å². The normalized spacial score (nSPS) is 35.4. The summed E-state index contributed by atoms with van der Waals surface area (Å²) in [5, 5.41) is 0. The van der Waals surface area contributed by atoms with Gasteiger partial charge in [-0.15, -0.1) is 0 Å². The van der Waals surface area contributed by atoms with Crippen molar-refractivity contribution in [2.45, 2.75) is 63.7 Å². The Morgan fingerprint density at radius 1 is 1.17 bits per heavy atom. The minimum absolute atomic E-state index is 0.0769. The van der Waals surface area contributed by atoms with Crippen LogP contribution in [0.15, 0.2) is 0 Å². The molecule has 136 valence electrons. The van der Waals surface area contributed by atoms with E-state index in [1.807, 2.05) is 0 Å². The molecule has 0 N–H and O–H groups in total. The van der Waals surface area contributed by atoms with Crippen molar-refractivity contribution in [3.8, 4) is 0 Å². The summed E-state index contributed by atoms with van der Waals surface area (Å²) in [7, 11) is 0. The number of esters is 1. The van der Waals surface area contributed by atoms with E-state index in [-0.39, 0.29) is 37.6 Å². The van der Waals surface area contributed by atoms with Gasteiger partial charge in [0, 0.05) is 25.2 Å². The monoisotopic (exact) mass is 350 g/mol. The van der Waals surface area contributed by atoms with Crippen LogP contribution in [0.4, 0.5) is 17.6 Å². The van der Waals surface area contributed by atoms with Crippen LogP contribution in [0.5, 0.6) is 0 Å². The molecule has 0 aromatic rings. The van der Waals surface area contributed by atoms with Crippen molar-refractivity contribution in [2.24, 2.45) is 23.2 Å². The molecule has 0 aliphatic heterocycles. The van der Waals surface area contributed by atoms with Crippen molar-refractivity contribution >= 4 is 11.8 Å². The van der Waals surface area contributed by atoms with Crippen LogP contribution < -0.4 is 0 Å². The SMILES string of the molecule is CC(F)(F)C(F)(F)CCCOC(=O)C12CC3CC(C1)C(=O)C(C3)C2. The molecule has 0 radical (unpaired) electrons. The highest BCUT2D eigenvalue weighted by Gasteiger charge is 2.59. The summed E-state index contributed by atoms with van der Waals surface area (Å²) < 4.78 is 57.0. The third-order valence-electron chi connectivity index (χ3n) is 5.94. The van der Waals surface area contributed by atoms with E-state index in [1.165, 1.54) is 0 Å². The average molecular weight is 350 g/mol. The molecule has 4 rings (SSSR count). The van der Waals surface area contributed by atoms with E-state index in [0.29, 0.717) is 25.2 Å². The van der Waals surface area contributed by atoms with Crippen molar-refractivity contribution in [1.29, 1.82) is 0 Å². The summed E-state index contributed by atoms with van der Waals surface area (Å²) >= 11 is 0. The highest BCUT2D eigenvalue weighted by atomic mass is 19.3. The highest BCUT2D eigenvalue weighted by Crippen LogP contribution is 2.59. The first-order valence-corrected chi connectivity index (χ1v) is 8.51. The van der Waals surface area contributed by atoms with E-state index >= 15 is 0 Å². The molecule has 4 aliphatic rings. The Morgan fingerprint density at radius 3 is 2.29 bits per heavy atom. The fraction of sp³-hybridized carbons (Fsp3) is 0.882. The van der Waals surface area contributed by atoms with Crippen molar-refractivity contribution in [3.63, 3.8) is 0 Å². The maximum Gasteiger partial charge on any atom is 0.312 e. The molecule has 4 saturated carbocycles. The molecule has 0 aromatic heterocycles. The van der Waals surface area contributed by atoms with Gasteiger partial charge in [-0.2, -0.15) is 8.78 Å². The summed E-state index contributed by atoms with van der Waals surface area (Å²) in [4.78, 5) is 24.6. The summed E-state index contributed by atoms with van der Waals surface area (Å²) in [6.45, 7) is -0.106. The predicted octanol–water partition coefficient (Wildman–Crippen LogP) is 4.00. The topological polar surface area (TPSA) is 43.4 Å². The molecule has 2 atom stereocenters. The highest BCUT2D eigenvalue weighted by molar-refractivity contribution is 5.89. The Labute approximate surface area is 138 Å². The Hall–Kier alpha value is -1.14. The van der Waals surface area contributed by atoms with Crippen LogP contribution in [0, 0.1) is 23.2 Å². The molecule has 24 heavy (non-hydrogen) atoms. The molecule has 2 unspecified atom stereocenters. The van der Waals surface area contributed by atoms with E-state index in [0.717, 1.165) is 12.8 Å². The van der Waals surface area contributed by atoms with Crippen molar-refractivity contribution in [2.75, 3.05) is 6.61 Å². The molecule has 0 aromatic carbocycles. The number of halogens is 4. The second-order valence-corrected chi connectivity index (χ2v) is 7.86. The fourth-order valence-electron chi connectivity index (χ4n) is 4.83. The number of carbonyl (C=O) groups excluding carboxylic acids is 2. The lowest BCUT2D eigenvalue weighted by Gasteiger charge is -2.53. The number of rotatable bonds is 6. The zero-order valence-corrected chi connectivity index (χ0v) is 13.6. The number of hydrogen-bond donors (Lipinski definition) is 0. The summed E-state index contributed by atoms with van der Waals surface area (Å²) in [6, 6.07) is 0. The Kier molecular flexibility index (Phi) is 4.20. The zero-order chi connectivity index (χ0) is 17.8. The maximum absolute atomic E-state index is 13.2. The average Bonchev–Trinajstić information content (AvgIpc) is 2.46. The van der Waals surface area contributed by atoms with Gasteiger partial charge in [-0.25, -0.2) is 8.78 Å². The molecular weight excluding hydrogens is 328 g/mol. The zero-order valence-electron chi connectivity index (χ0n) is 13.6.